The molecule has 0 saturated carbocycles. The topological polar surface area (TPSA) is 101 Å². The van der Waals surface area contributed by atoms with Crippen molar-refractivity contribution in [3.05, 3.63) is 105 Å². The van der Waals surface area contributed by atoms with Gasteiger partial charge >= 0.3 is 0 Å². The Balaban J connectivity index is 1.64. The van der Waals surface area contributed by atoms with Crippen LogP contribution < -0.4 is 4.90 Å². The van der Waals surface area contributed by atoms with Crippen molar-refractivity contribution < 1.29 is 19.6 Å². The number of hydrogen-bond donors (Lipinski definition) is 1. The SMILES string of the molecule is O=C(C[C@]1(O)C(=O)N(CCc2ccccc2)c2ccc(Cl)cc21)c1cccc([N+](=O)[O-])c1. The van der Waals surface area contributed by atoms with E-state index in [-0.39, 0.29) is 16.8 Å². The molecule has 0 unspecified atom stereocenters. The number of nitro groups is 1. The Morgan fingerprint density at radius 1 is 1.06 bits per heavy atom. The van der Waals surface area contributed by atoms with E-state index in [0.29, 0.717) is 23.7 Å². The van der Waals surface area contributed by atoms with Gasteiger partial charge in [0.1, 0.15) is 0 Å². The molecule has 1 atom stereocenters. The molecule has 1 N–H and O–H groups in total. The molecule has 3 aromatic rings. The van der Waals surface area contributed by atoms with Gasteiger partial charge < -0.3 is 10.0 Å². The predicted octanol–water partition coefficient (Wildman–Crippen LogP) is 4.30. The third-order valence-corrected chi connectivity index (χ3v) is 5.79. The van der Waals surface area contributed by atoms with Crippen LogP contribution in [-0.2, 0) is 16.8 Å². The minimum absolute atomic E-state index is 0.0479. The van der Waals surface area contributed by atoms with Crippen LogP contribution in [0.3, 0.4) is 0 Å². The second kappa shape index (κ2) is 8.53. The second-order valence-electron chi connectivity index (χ2n) is 7.62. The summed E-state index contributed by atoms with van der Waals surface area (Å²) >= 11 is 6.13. The number of fused-ring (bicyclic) bond motifs is 1. The molecular formula is C24H19ClN2O5. The van der Waals surface area contributed by atoms with E-state index in [4.69, 9.17) is 11.6 Å². The molecule has 162 valence electrons. The molecule has 7 nitrogen and oxygen atoms in total. The monoisotopic (exact) mass is 450 g/mol. The minimum atomic E-state index is -2.11. The van der Waals surface area contributed by atoms with Crippen LogP contribution in [0.4, 0.5) is 11.4 Å². The number of ketones is 1. The van der Waals surface area contributed by atoms with Crippen LogP contribution in [0, 0.1) is 10.1 Å². The number of carbonyl (C=O) groups is 2. The summed E-state index contributed by atoms with van der Waals surface area (Å²) in [6.45, 7) is 0.310. The van der Waals surface area contributed by atoms with Gasteiger partial charge in [-0.15, -0.1) is 0 Å². The maximum absolute atomic E-state index is 13.3. The Labute approximate surface area is 189 Å². The van der Waals surface area contributed by atoms with E-state index in [2.05, 4.69) is 0 Å². The third-order valence-electron chi connectivity index (χ3n) is 5.56. The van der Waals surface area contributed by atoms with Crippen molar-refractivity contribution in [2.45, 2.75) is 18.4 Å². The summed E-state index contributed by atoms with van der Waals surface area (Å²) in [4.78, 5) is 38.1. The Kier molecular flexibility index (Phi) is 5.78. The number of hydrogen-bond acceptors (Lipinski definition) is 5. The first-order valence-corrected chi connectivity index (χ1v) is 10.3. The van der Waals surface area contributed by atoms with Crippen molar-refractivity contribution >= 4 is 34.7 Å². The van der Waals surface area contributed by atoms with E-state index < -0.39 is 28.6 Å². The van der Waals surface area contributed by atoms with Crippen molar-refractivity contribution in [2.75, 3.05) is 11.4 Å². The van der Waals surface area contributed by atoms with Gasteiger partial charge in [-0.3, -0.25) is 19.7 Å². The zero-order valence-corrected chi connectivity index (χ0v) is 17.7. The van der Waals surface area contributed by atoms with Crippen molar-refractivity contribution in [1.82, 2.24) is 0 Å². The van der Waals surface area contributed by atoms with Gasteiger partial charge in [0, 0.05) is 34.8 Å². The number of aliphatic hydroxyl groups is 1. The second-order valence-corrected chi connectivity index (χ2v) is 8.06. The maximum Gasteiger partial charge on any atom is 0.270 e. The molecule has 0 spiro atoms. The van der Waals surface area contributed by atoms with E-state index in [0.717, 1.165) is 11.6 Å². The van der Waals surface area contributed by atoms with E-state index in [1.54, 1.807) is 12.1 Å². The fourth-order valence-corrected chi connectivity index (χ4v) is 4.10. The first-order valence-electron chi connectivity index (χ1n) is 9.95. The smallest absolute Gasteiger partial charge is 0.270 e. The van der Waals surface area contributed by atoms with Crippen LogP contribution in [0.25, 0.3) is 0 Å². The Bertz CT molecular complexity index is 1210. The summed E-state index contributed by atoms with van der Waals surface area (Å²) in [5, 5.41) is 22.8. The summed E-state index contributed by atoms with van der Waals surface area (Å²) in [6.07, 6.45) is 0.00569. The van der Waals surface area contributed by atoms with Gasteiger partial charge in [0.05, 0.1) is 17.0 Å². The minimum Gasteiger partial charge on any atom is -0.375 e. The molecular weight excluding hydrogens is 432 g/mol. The van der Waals surface area contributed by atoms with Crippen molar-refractivity contribution in [2.24, 2.45) is 0 Å². The van der Waals surface area contributed by atoms with E-state index in [1.807, 2.05) is 30.3 Å². The van der Waals surface area contributed by atoms with Crippen LogP contribution in [0.15, 0.2) is 72.8 Å². The lowest BCUT2D eigenvalue weighted by Gasteiger charge is -2.23. The number of carbonyl (C=O) groups excluding carboxylic acids is 2. The Hall–Kier alpha value is -3.55. The Morgan fingerprint density at radius 2 is 1.81 bits per heavy atom. The average molecular weight is 451 g/mol. The molecule has 1 heterocycles. The summed E-state index contributed by atoms with van der Waals surface area (Å²) in [5.74, 6) is -1.20. The quantitative estimate of drug-likeness (QED) is 0.328. The molecule has 1 amide bonds. The lowest BCUT2D eigenvalue weighted by Crippen LogP contribution is -2.42. The summed E-state index contributed by atoms with van der Waals surface area (Å²) in [7, 11) is 0. The van der Waals surface area contributed by atoms with Crippen LogP contribution >= 0.6 is 11.6 Å². The molecule has 0 aliphatic carbocycles. The number of amides is 1. The zero-order valence-electron chi connectivity index (χ0n) is 16.9. The van der Waals surface area contributed by atoms with E-state index in [9.17, 15) is 24.8 Å². The number of rotatable bonds is 7. The number of benzene rings is 3. The standard InChI is InChI=1S/C24H19ClN2O5/c25-18-9-10-21-20(14-18)24(30,15-22(28)17-7-4-8-19(13-17)27(31)32)23(29)26(21)12-11-16-5-2-1-3-6-16/h1-10,13-14,30H,11-12,15H2/t24-/m1/s1. The zero-order chi connectivity index (χ0) is 22.9. The van der Waals surface area contributed by atoms with Gasteiger partial charge in [0.2, 0.25) is 0 Å². The van der Waals surface area contributed by atoms with Crippen LogP contribution in [-0.4, -0.2) is 28.3 Å². The third kappa shape index (κ3) is 4.00. The summed E-state index contributed by atoms with van der Waals surface area (Å²) in [6, 6.07) is 19.6. The molecule has 3 aromatic carbocycles. The predicted molar refractivity (Wildman–Crippen MR) is 120 cm³/mol. The highest BCUT2D eigenvalue weighted by molar-refractivity contribution is 6.31. The first kappa shape index (κ1) is 21.7. The highest BCUT2D eigenvalue weighted by Gasteiger charge is 2.51. The Morgan fingerprint density at radius 3 is 2.53 bits per heavy atom. The maximum atomic E-state index is 13.3. The normalized spacial score (nSPS) is 17.3. The van der Waals surface area contributed by atoms with Gasteiger partial charge in [0.25, 0.3) is 11.6 Å². The highest BCUT2D eigenvalue weighted by atomic mass is 35.5. The summed E-state index contributed by atoms with van der Waals surface area (Å²) < 4.78 is 0. The van der Waals surface area contributed by atoms with Gasteiger partial charge in [-0.1, -0.05) is 54.1 Å². The molecule has 0 fully saturated rings. The highest BCUT2D eigenvalue weighted by Crippen LogP contribution is 2.44. The number of Topliss-reactive ketones (excluding diaryl/α,β-unsaturated/α-hetero) is 1. The van der Waals surface area contributed by atoms with Crippen molar-refractivity contribution in [1.29, 1.82) is 0 Å². The number of anilines is 1. The van der Waals surface area contributed by atoms with Gasteiger partial charge in [0.15, 0.2) is 11.4 Å². The number of non-ortho nitro benzene ring substituents is 1. The fourth-order valence-electron chi connectivity index (χ4n) is 3.93. The van der Waals surface area contributed by atoms with E-state index >= 15 is 0 Å². The fraction of sp³-hybridized carbons (Fsp3) is 0.167. The van der Waals surface area contributed by atoms with Crippen LogP contribution in [0.5, 0.6) is 0 Å². The lowest BCUT2D eigenvalue weighted by atomic mass is 9.88. The molecule has 32 heavy (non-hydrogen) atoms. The summed E-state index contributed by atoms with van der Waals surface area (Å²) in [5.41, 5.74) is -0.538. The average Bonchev–Trinajstić information content (AvgIpc) is 2.99. The van der Waals surface area contributed by atoms with Crippen LogP contribution in [0.2, 0.25) is 5.02 Å². The molecule has 1 aliphatic heterocycles. The van der Waals surface area contributed by atoms with Gasteiger partial charge in [-0.05, 0) is 30.2 Å². The van der Waals surface area contributed by atoms with Gasteiger partial charge in [-0.25, -0.2) is 0 Å². The van der Waals surface area contributed by atoms with Crippen molar-refractivity contribution in [3.63, 3.8) is 0 Å². The molecule has 8 heteroatoms. The number of halogens is 1. The number of nitro benzene ring substituents is 1. The molecule has 4 rings (SSSR count). The molecule has 0 aromatic heterocycles. The first-order chi connectivity index (χ1) is 15.3. The molecule has 0 radical (unpaired) electrons. The van der Waals surface area contributed by atoms with Crippen molar-refractivity contribution in [3.8, 4) is 0 Å². The van der Waals surface area contributed by atoms with Crippen LogP contribution in [0.1, 0.15) is 27.9 Å². The van der Waals surface area contributed by atoms with E-state index in [1.165, 1.54) is 29.2 Å². The largest absolute Gasteiger partial charge is 0.375 e. The molecule has 1 aliphatic rings. The molecule has 0 saturated heterocycles. The van der Waals surface area contributed by atoms with Gasteiger partial charge in [-0.2, -0.15) is 0 Å². The number of nitrogens with zero attached hydrogens (tertiary/aromatic N) is 2. The lowest BCUT2D eigenvalue weighted by molar-refractivity contribution is -0.384. The molecule has 0 bridgehead atoms.